The van der Waals surface area contributed by atoms with E-state index in [0.717, 1.165) is 0 Å². The van der Waals surface area contributed by atoms with Gasteiger partial charge in [-0.2, -0.15) is 0 Å². The van der Waals surface area contributed by atoms with Crippen LogP contribution >= 0.6 is 7.82 Å². The van der Waals surface area contributed by atoms with Crippen molar-refractivity contribution >= 4 is 7.82 Å². The molecular weight excluding hydrogens is 251 g/mol. The summed E-state index contributed by atoms with van der Waals surface area (Å²) in [6.07, 6.45) is 9.00. The Bertz CT molecular complexity index is 310. The summed E-state index contributed by atoms with van der Waals surface area (Å²) in [5.41, 5.74) is 1.32. The van der Waals surface area contributed by atoms with Gasteiger partial charge in [-0.1, -0.05) is 74.4 Å². The zero-order valence-corrected chi connectivity index (χ0v) is 11.7. The number of rotatable bonds is 0. The van der Waals surface area contributed by atoms with Crippen LogP contribution in [0.1, 0.15) is 44.1 Å². The van der Waals surface area contributed by atoms with Crippen molar-refractivity contribution in [2.45, 2.75) is 45.4 Å². The standard InChI is InChI=1S/C7H8.C6H12.H3O4P/c1-7-5-3-2-4-6-7;1-2-4-6-5-3-1;1-5(2,3)4/h2-6H,1H3;1-6H2;(H3,1,2,3,4). The van der Waals surface area contributed by atoms with Crippen molar-refractivity contribution in [3.63, 3.8) is 0 Å². The van der Waals surface area contributed by atoms with Gasteiger partial charge < -0.3 is 14.7 Å². The lowest BCUT2D eigenvalue weighted by Crippen LogP contribution is -1.85. The zero-order valence-electron chi connectivity index (χ0n) is 10.8. The fourth-order valence-corrected chi connectivity index (χ4v) is 1.60. The number of benzene rings is 1. The third kappa shape index (κ3) is 17.7. The molecule has 3 N–H and O–H groups in total. The lowest BCUT2D eigenvalue weighted by atomic mass is 10.0. The molecule has 2 rings (SSSR count). The third-order valence-electron chi connectivity index (χ3n) is 2.44. The van der Waals surface area contributed by atoms with Crippen LogP contribution in [0.15, 0.2) is 30.3 Å². The van der Waals surface area contributed by atoms with Gasteiger partial charge in [0.2, 0.25) is 0 Å². The monoisotopic (exact) mass is 274 g/mol. The summed E-state index contributed by atoms with van der Waals surface area (Å²) in [6.45, 7) is 2.08. The smallest absolute Gasteiger partial charge is 0.303 e. The van der Waals surface area contributed by atoms with Crippen molar-refractivity contribution in [1.82, 2.24) is 0 Å². The van der Waals surface area contributed by atoms with E-state index in [4.69, 9.17) is 19.2 Å². The van der Waals surface area contributed by atoms with Gasteiger partial charge in [0.15, 0.2) is 0 Å². The molecule has 1 aromatic rings. The van der Waals surface area contributed by atoms with E-state index >= 15 is 0 Å². The Hall–Kier alpha value is -0.670. The number of aryl methyl sites for hydroxylation is 1. The second kappa shape index (κ2) is 10.3. The topological polar surface area (TPSA) is 77.8 Å². The number of hydrogen-bond acceptors (Lipinski definition) is 1. The van der Waals surface area contributed by atoms with Crippen LogP contribution in [0.4, 0.5) is 0 Å². The van der Waals surface area contributed by atoms with Crippen LogP contribution in [-0.4, -0.2) is 14.7 Å². The highest BCUT2D eigenvalue weighted by molar-refractivity contribution is 7.45. The summed E-state index contributed by atoms with van der Waals surface area (Å²) in [7, 11) is -4.64. The van der Waals surface area contributed by atoms with Gasteiger partial charge in [0.1, 0.15) is 0 Å². The van der Waals surface area contributed by atoms with E-state index in [-0.39, 0.29) is 0 Å². The van der Waals surface area contributed by atoms with Gasteiger partial charge in [0.25, 0.3) is 0 Å². The van der Waals surface area contributed by atoms with Gasteiger partial charge in [-0.15, -0.1) is 0 Å². The molecule has 0 heterocycles. The maximum atomic E-state index is 8.88. The Morgan fingerprint density at radius 1 is 0.833 bits per heavy atom. The predicted molar refractivity (Wildman–Crippen MR) is 73.1 cm³/mol. The Labute approximate surface area is 109 Å². The fourth-order valence-electron chi connectivity index (χ4n) is 1.60. The van der Waals surface area contributed by atoms with E-state index in [0.29, 0.717) is 0 Å². The van der Waals surface area contributed by atoms with E-state index in [9.17, 15) is 0 Å². The first-order valence-electron chi connectivity index (χ1n) is 6.19. The molecular formula is C13H23O4P. The van der Waals surface area contributed by atoms with Crippen LogP contribution in [0.2, 0.25) is 0 Å². The largest absolute Gasteiger partial charge is 0.466 e. The average molecular weight is 274 g/mol. The molecule has 1 aliphatic rings. The van der Waals surface area contributed by atoms with Crippen molar-refractivity contribution in [2.24, 2.45) is 0 Å². The van der Waals surface area contributed by atoms with Crippen LogP contribution in [0.25, 0.3) is 0 Å². The van der Waals surface area contributed by atoms with Crippen LogP contribution < -0.4 is 0 Å². The first-order valence-corrected chi connectivity index (χ1v) is 7.76. The summed E-state index contributed by atoms with van der Waals surface area (Å²) >= 11 is 0. The third-order valence-corrected chi connectivity index (χ3v) is 2.44. The van der Waals surface area contributed by atoms with Gasteiger partial charge in [0, 0.05) is 0 Å². The highest BCUT2D eigenvalue weighted by Crippen LogP contribution is 2.25. The molecule has 18 heavy (non-hydrogen) atoms. The summed E-state index contributed by atoms with van der Waals surface area (Å²) in [6, 6.07) is 10.3. The van der Waals surface area contributed by atoms with E-state index in [2.05, 4.69) is 19.1 Å². The van der Waals surface area contributed by atoms with Crippen molar-refractivity contribution in [1.29, 1.82) is 0 Å². The zero-order chi connectivity index (χ0) is 13.9. The lowest BCUT2D eigenvalue weighted by molar-refractivity contribution is 0.275. The molecule has 0 spiro atoms. The minimum atomic E-state index is -4.64. The molecule has 5 heteroatoms. The van der Waals surface area contributed by atoms with Gasteiger partial charge in [-0.25, -0.2) is 4.57 Å². The molecule has 0 amide bonds. The highest BCUT2D eigenvalue weighted by atomic mass is 31.2. The number of hydrogen-bond donors (Lipinski definition) is 3. The first-order chi connectivity index (χ1) is 8.39. The molecule has 1 aromatic carbocycles. The SMILES string of the molecule is C1CCCCC1.Cc1ccccc1.O=P(O)(O)O. The first kappa shape index (κ1) is 17.3. The van der Waals surface area contributed by atoms with Crippen LogP contribution in [-0.2, 0) is 4.57 Å². The Kier molecular flexibility index (Phi) is 9.89. The van der Waals surface area contributed by atoms with Crippen molar-refractivity contribution < 1.29 is 19.2 Å². The maximum Gasteiger partial charge on any atom is 0.466 e. The predicted octanol–water partition coefficient (Wildman–Crippen LogP) is 3.41. The molecule has 0 unspecified atom stereocenters. The minimum Gasteiger partial charge on any atom is -0.303 e. The lowest BCUT2D eigenvalue weighted by Gasteiger charge is -2.05. The number of phosphoric acid groups is 1. The second-order valence-corrected chi connectivity index (χ2v) is 5.32. The van der Waals surface area contributed by atoms with Gasteiger partial charge in [-0.3, -0.25) is 0 Å². The molecule has 0 atom stereocenters. The van der Waals surface area contributed by atoms with Crippen molar-refractivity contribution in [3.8, 4) is 0 Å². The van der Waals surface area contributed by atoms with Gasteiger partial charge in [0.05, 0.1) is 0 Å². The van der Waals surface area contributed by atoms with E-state index in [1.807, 2.05) is 18.2 Å². The molecule has 0 aromatic heterocycles. The quantitative estimate of drug-likeness (QED) is 0.633. The molecule has 4 nitrogen and oxygen atoms in total. The summed E-state index contributed by atoms with van der Waals surface area (Å²) in [4.78, 5) is 21.6. The molecule has 1 aliphatic carbocycles. The molecule has 0 bridgehead atoms. The fraction of sp³-hybridized carbons (Fsp3) is 0.538. The molecule has 0 aliphatic heterocycles. The van der Waals surface area contributed by atoms with Crippen LogP contribution in [0.3, 0.4) is 0 Å². The van der Waals surface area contributed by atoms with Gasteiger partial charge in [-0.05, 0) is 6.92 Å². The molecule has 0 saturated heterocycles. The molecule has 0 radical (unpaired) electrons. The Morgan fingerprint density at radius 3 is 1.28 bits per heavy atom. The normalized spacial score (nSPS) is 14.7. The highest BCUT2D eigenvalue weighted by Gasteiger charge is 2.00. The molecule has 1 fully saturated rings. The molecule has 1 saturated carbocycles. The minimum absolute atomic E-state index is 1.32. The van der Waals surface area contributed by atoms with Crippen LogP contribution in [0, 0.1) is 6.92 Å². The average Bonchev–Trinajstić information content (AvgIpc) is 2.31. The van der Waals surface area contributed by atoms with Crippen molar-refractivity contribution in [3.05, 3.63) is 35.9 Å². The summed E-state index contributed by atoms with van der Waals surface area (Å²) < 4.78 is 8.88. The van der Waals surface area contributed by atoms with Crippen molar-refractivity contribution in [2.75, 3.05) is 0 Å². The summed E-state index contributed by atoms with van der Waals surface area (Å²) in [5, 5.41) is 0. The van der Waals surface area contributed by atoms with Crippen LogP contribution in [0.5, 0.6) is 0 Å². The molecule has 104 valence electrons. The van der Waals surface area contributed by atoms with E-state index in [1.54, 1.807) is 0 Å². The van der Waals surface area contributed by atoms with E-state index in [1.165, 1.54) is 44.1 Å². The second-order valence-electron chi connectivity index (χ2n) is 4.29. The maximum absolute atomic E-state index is 8.88. The summed E-state index contributed by atoms with van der Waals surface area (Å²) in [5.74, 6) is 0. The van der Waals surface area contributed by atoms with Gasteiger partial charge >= 0.3 is 7.82 Å². The Balaban J connectivity index is 0.000000245. The Morgan fingerprint density at radius 2 is 1.11 bits per heavy atom. The van der Waals surface area contributed by atoms with E-state index < -0.39 is 7.82 Å².